The second-order valence-corrected chi connectivity index (χ2v) is 7.60. The first kappa shape index (κ1) is 19.4. The lowest BCUT2D eigenvalue weighted by molar-refractivity contribution is -0.146. The third kappa shape index (κ3) is 4.31. The van der Waals surface area contributed by atoms with Crippen molar-refractivity contribution in [1.29, 1.82) is 0 Å². The van der Waals surface area contributed by atoms with Crippen LogP contribution < -0.4 is 5.32 Å². The highest BCUT2D eigenvalue weighted by molar-refractivity contribution is 5.81. The molecule has 1 aromatic rings. The summed E-state index contributed by atoms with van der Waals surface area (Å²) in [6, 6.07) is 1.96. The molecule has 0 aromatic carbocycles. The van der Waals surface area contributed by atoms with Crippen LogP contribution in [0, 0.1) is 31.6 Å². The predicted molar refractivity (Wildman–Crippen MR) is 97.6 cm³/mol. The molecule has 0 bridgehead atoms. The van der Waals surface area contributed by atoms with Gasteiger partial charge in [-0.3, -0.25) is 19.1 Å². The van der Waals surface area contributed by atoms with Crippen LogP contribution in [0.25, 0.3) is 0 Å². The zero-order chi connectivity index (χ0) is 19.6. The number of hydrogen-bond acceptors (Lipinski definition) is 5. The normalized spacial score (nSPS) is 24.0. The third-order valence-electron chi connectivity index (χ3n) is 5.81. The first-order chi connectivity index (χ1) is 12.9. The van der Waals surface area contributed by atoms with Crippen LogP contribution in [-0.2, 0) is 25.7 Å². The molecule has 8 nitrogen and oxygen atoms in total. The number of amides is 2. The van der Waals surface area contributed by atoms with E-state index in [1.807, 2.05) is 24.8 Å². The lowest BCUT2D eigenvalue weighted by atomic mass is 9.61. The van der Waals surface area contributed by atoms with E-state index in [1.54, 1.807) is 4.68 Å². The molecule has 2 amide bonds. The maximum Gasteiger partial charge on any atom is 0.307 e. The average Bonchev–Trinajstić information content (AvgIpc) is 2.92. The van der Waals surface area contributed by atoms with E-state index in [1.165, 1.54) is 7.11 Å². The molecule has 1 N–H and O–H groups in total. The van der Waals surface area contributed by atoms with Gasteiger partial charge in [0.25, 0.3) is 0 Å². The highest BCUT2D eigenvalue weighted by Gasteiger charge is 2.48. The number of fused-ring (bicyclic) bond motifs is 1. The van der Waals surface area contributed by atoms with Gasteiger partial charge in [-0.25, -0.2) is 0 Å². The summed E-state index contributed by atoms with van der Waals surface area (Å²) in [4.78, 5) is 38.1. The van der Waals surface area contributed by atoms with Crippen LogP contribution in [0.3, 0.4) is 0 Å². The number of methoxy groups -OCH3 is 1. The largest absolute Gasteiger partial charge is 0.469 e. The minimum Gasteiger partial charge on any atom is -0.469 e. The van der Waals surface area contributed by atoms with E-state index < -0.39 is 0 Å². The van der Waals surface area contributed by atoms with E-state index in [0.29, 0.717) is 19.0 Å². The predicted octanol–water partition coefficient (Wildman–Crippen LogP) is 0.664. The lowest BCUT2D eigenvalue weighted by Gasteiger charge is -2.50. The maximum atomic E-state index is 12.7. The van der Waals surface area contributed by atoms with Crippen molar-refractivity contribution in [3.8, 4) is 0 Å². The van der Waals surface area contributed by atoms with Crippen LogP contribution in [0.5, 0.6) is 0 Å². The first-order valence-corrected chi connectivity index (χ1v) is 9.52. The van der Waals surface area contributed by atoms with Crippen molar-refractivity contribution < 1.29 is 19.1 Å². The van der Waals surface area contributed by atoms with Gasteiger partial charge in [-0.15, -0.1) is 0 Å². The van der Waals surface area contributed by atoms with E-state index in [4.69, 9.17) is 0 Å². The molecule has 1 aromatic heterocycles. The van der Waals surface area contributed by atoms with Crippen molar-refractivity contribution in [2.24, 2.45) is 17.8 Å². The number of aryl methyl sites for hydroxylation is 2. The molecule has 3 rings (SSSR count). The van der Waals surface area contributed by atoms with E-state index in [2.05, 4.69) is 15.2 Å². The van der Waals surface area contributed by atoms with Gasteiger partial charge in [-0.1, -0.05) is 0 Å². The first-order valence-electron chi connectivity index (χ1n) is 9.52. The molecular weight excluding hydrogens is 348 g/mol. The van der Waals surface area contributed by atoms with Crippen LogP contribution in [0.4, 0.5) is 0 Å². The van der Waals surface area contributed by atoms with Crippen LogP contribution >= 0.6 is 0 Å². The number of rotatable bonds is 6. The quantitative estimate of drug-likeness (QED) is 0.737. The number of ether oxygens (including phenoxy) is 1. The number of esters is 1. The van der Waals surface area contributed by atoms with Crippen molar-refractivity contribution in [2.45, 2.75) is 39.7 Å². The Labute approximate surface area is 159 Å². The molecule has 148 valence electrons. The van der Waals surface area contributed by atoms with Crippen molar-refractivity contribution in [2.75, 3.05) is 26.7 Å². The summed E-state index contributed by atoms with van der Waals surface area (Å²) in [5, 5.41) is 7.18. The topological polar surface area (TPSA) is 93.5 Å². The molecule has 8 heteroatoms. The molecular formula is C19H28N4O4. The fourth-order valence-electron chi connectivity index (χ4n) is 4.20. The Hall–Kier alpha value is -2.38. The Morgan fingerprint density at radius 1 is 1.33 bits per heavy atom. The van der Waals surface area contributed by atoms with Gasteiger partial charge in [0.15, 0.2) is 0 Å². The standard InChI is InChI=1S/C19H28N4O4/c1-12-8-13(2)23(21-12)11-17(24)22-7-5-14-9-15(16(14)10-22)19(26)20-6-4-18(25)27-3/h8,14-16H,4-7,9-11H2,1-3H3,(H,20,26)/t14-,15-,16-/m1/s1. The Morgan fingerprint density at radius 2 is 2.11 bits per heavy atom. The highest BCUT2D eigenvalue weighted by atomic mass is 16.5. The van der Waals surface area contributed by atoms with Crippen LogP contribution in [0.2, 0.25) is 0 Å². The van der Waals surface area contributed by atoms with E-state index >= 15 is 0 Å². The molecule has 1 aliphatic carbocycles. The smallest absolute Gasteiger partial charge is 0.307 e. The minimum absolute atomic E-state index is 0.0204. The zero-order valence-electron chi connectivity index (χ0n) is 16.2. The molecule has 0 radical (unpaired) electrons. The van der Waals surface area contributed by atoms with E-state index in [0.717, 1.165) is 30.8 Å². The fourth-order valence-corrected chi connectivity index (χ4v) is 4.20. The Kier molecular flexibility index (Phi) is 5.82. The number of carbonyl (C=O) groups is 3. The summed E-state index contributed by atoms with van der Waals surface area (Å²) in [6.45, 7) is 5.76. The number of nitrogens with zero attached hydrogens (tertiary/aromatic N) is 3. The zero-order valence-corrected chi connectivity index (χ0v) is 16.2. The number of piperidine rings is 1. The Bertz CT molecular complexity index is 729. The van der Waals surface area contributed by atoms with Crippen LogP contribution in [0.1, 0.15) is 30.7 Å². The third-order valence-corrected chi connectivity index (χ3v) is 5.81. The van der Waals surface area contributed by atoms with Gasteiger partial charge in [0.1, 0.15) is 6.54 Å². The molecule has 2 fully saturated rings. The van der Waals surface area contributed by atoms with E-state index in [9.17, 15) is 14.4 Å². The van der Waals surface area contributed by atoms with Gasteiger partial charge in [0, 0.05) is 31.2 Å². The monoisotopic (exact) mass is 376 g/mol. The van der Waals surface area contributed by atoms with Gasteiger partial charge in [0.05, 0.1) is 19.2 Å². The molecule has 1 aliphatic heterocycles. The average molecular weight is 376 g/mol. The molecule has 2 heterocycles. The van der Waals surface area contributed by atoms with Crippen LogP contribution in [-0.4, -0.2) is 59.2 Å². The summed E-state index contributed by atoms with van der Waals surface area (Å²) >= 11 is 0. The Balaban J connectivity index is 1.51. The fraction of sp³-hybridized carbons (Fsp3) is 0.684. The molecule has 1 saturated heterocycles. The van der Waals surface area contributed by atoms with Crippen molar-refractivity contribution >= 4 is 17.8 Å². The Morgan fingerprint density at radius 3 is 2.78 bits per heavy atom. The summed E-state index contributed by atoms with van der Waals surface area (Å²) in [7, 11) is 1.33. The molecule has 1 saturated carbocycles. The minimum atomic E-state index is -0.333. The van der Waals surface area contributed by atoms with E-state index in [-0.39, 0.29) is 42.6 Å². The number of carbonyl (C=O) groups excluding carboxylic acids is 3. The molecule has 27 heavy (non-hydrogen) atoms. The summed E-state index contributed by atoms with van der Waals surface area (Å²) in [5.41, 5.74) is 1.88. The van der Waals surface area contributed by atoms with Crippen molar-refractivity contribution in [1.82, 2.24) is 20.0 Å². The SMILES string of the molecule is COC(=O)CCNC(=O)[C@@H]1C[C@H]2CCN(C(=O)Cn3nc(C)cc3C)C[C@H]21. The van der Waals surface area contributed by atoms with Gasteiger partial charge >= 0.3 is 5.97 Å². The second kappa shape index (κ2) is 8.10. The number of likely N-dealkylation sites (tertiary alicyclic amines) is 1. The lowest BCUT2D eigenvalue weighted by Crippen LogP contribution is -2.56. The van der Waals surface area contributed by atoms with Gasteiger partial charge in [-0.2, -0.15) is 5.10 Å². The molecule has 3 atom stereocenters. The summed E-state index contributed by atoms with van der Waals surface area (Å²) in [6.07, 6.45) is 1.99. The molecule has 0 spiro atoms. The number of aromatic nitrogens is 2. The highest BCUT2D eigenvalue weighted by Crippen LogP contribution is 2.45. The number of nitrogens with one attached hydrogen (secondary N) is 1. The van der Waals surface area contributed by atoms with Gasteiger partial charge in [-0.05, 0) is 44.6 Å². The summed E-state index contributed by atoms with van der Waals surface area (Å²) in [5.74, 6) is 0.349. The van der Waals surface area contributed by atoms with Gasteiger partial charge < -0.3 is 15.0 Å². The summed E-state index contributed by atoms with van der Waals surface area (Å²) < 4.78 is 6.31. The number of hydrogen-bond donors (Lipinski definition) is 1. The van der Waals surface area contributed by atoms with Crippen molar-refractivity contribution in [3.05, 3.63) is 17.5 Å². The molecule has 0 unspecified atom stereocenters. The van der Waals surface area contributed by atoms with Crippen LogP contribution in [0.15, 0.2) is 6.07 Å². The maximum absolute atomic E-state index is 12.7. The van der Waals surface area contributed by atoms with Crippen molar-refractivity contribution in [3.63, 3.8) is 0 Å². The van der Waals surface area contributed by atoms with Gasteiger partial charge in [0.2, 0.25) is 11.8 Å². The second-order valence-electron chi connectivity index (χ2n) is 7.60. The molecule has 2 aliphatic rings.